The van der Waals surface area contributed by atoms with Crippen molar-refractivity contribution in [2.45, 2.75) is 18.4 Å². The summed E-state index contributed by atoms with van der Waals surface area (Å²) >= 11 is 0. The Hall–Kier alpha value is -2.48. The minimum absolute atomic E-state index is 0.0206. The van der Waals surface area contributed by atoms with Crippen LogP contribution in [-0.4, -0.2) is 26.7 Å². The monoisotopic (exact) mass is 355 g/mol. The maximum Gasteiger partial charge on any atom is 0.387 e. The number of nitrogens with one attached hydrogen (secondary N) is 1. The number of sulfone groups is 1. The zero-order valence-corrected chi connectivity index (χ0v) is 13.5. The van der Waals surface area contributed by atoms with E-state index in [0.717, 1.165) is 0 Å². The molecule has 0 radical (unpaired) electrons. The first-order valence-corrected chi connectivity index (χ1v) is 8.66. The average Bonchev–Trinajstić information content (AvgIpc) is 2.56. The molecule has 0 heterocycles. The van der Waals surface area contributed by atoms with Crippen molar-refractivity contribution in [3.05, 3.63) is 54.1 Å². The van der Waals surface area contributed by atoms with E-state index in [9.17, 15) is 22.0 Å². The molecule has 0 atom stereocenters. The van der Waals surface area contributed by atoms with Gasteiger partial charge in [-0.3, -0.25) is 4.79 Å². The summed E-state index contributed by atoms with van der Waals surface area (Å²) in [6.45, 7) is -1.44. The molecule has 0 aliphatic heterocycles. The Balaban J connectivity index is 2.22. The second-order valence-electron chi connectivity index (χ2n) is 4.76. The highest BCUT2D eigenvalue weighted by atomic mass is 32.2. The normalized spacial score (nSPS) is 11.3. The summed E-state index contributed by atoms with van der Waals surface area (Å²) in [4.78, 5) is 12.3. The van der Waals surface area contributed by atoms with Crippen LogP contribution in [0, 0.1) is 0 Å². The highest BCUT2D eigenvalue weighted by Crippen LogP contribution is 2.21. The van der Waals surface area contributed by atoms with Crippen LogP contribution in [0.3, 0.4) is 0 Å². The molecule has 128 valence electrons. The molecule has 5 nitrogen and oxygen atoms in total. The van der Waals surface area contributed by atoms with Crippen LogP contribution in [0.1, 0.15) is 17.3 Å². The van der Waals surface area contributed by atoms with E-state index in [-0.39, 0.29) is 22.0 Å². The molecule has 0 aromatic heterocycles. The van der Waals surface area contributed by atoms with Crippen molar-refractivity contribution in [2.75, 3.05) is 11.1 Å². The molecule has 0 aliphatic carbocycles. The SMILES string of the molecule is CCS(=O)(=O)c1ccccc1C(=O)Nc1ccc(OC(F)F)cc1. The van der Waals surface area contributed by atoms with E-state index in [2.05, 4.69) is 10.1 Å². The molecule has 2 aromatic carbocycles. The molecule has 0 bridgehead atoms. The standard InChI is InChI=1S/C16H15F2NO4S/c1-2-24(21,22)14-6-4-3-5-13(14)15(20)19-11-7-9-12(10-8-11)23-16(17)18/h3-10,16H,2H2,1H3,(H,19,20). The van der Waals surface area contributed by atoms with Gasteiger partial charge in [-0.2, -0.15) is 8.78 Å². The van der Waals surface area contributed by atoms with Gasteiger partial charge in [-0.25, -0.2) is 8.42 Å². The van der Waals surface area contributed by atoms with Crippen molar-refractivity contribution in [1.29, 1.82) is 0 Å². The largest absolute Gasteiger partial charge is 0.435 e. The van der Waals surface area contributed by atoms with E-state index in [1.54, 1.807) is 6.07 Å². The third-order valence-corrected chi connectivity index (χ3v) is 4.97. The second kappa shape index (κ2) is 7.39. The summed E-state index contributed by atoms with van der Waals surface area (Å²) in [5.41, 5.74) is 0.345. The Morgan fingerprint density at radius 3 is 2.33 bits per heavy atom. The average molecular weight is 355 g/mol. The smallest absolute Gasteiger partial charge is 0.387 e. The van der Waals surface area contributed by atoms with E-state index in [1.165, 1.54) is 49.4 Å². The van der Waals surface area contributed by atoms with E-state index in [0.29, 0.717) is 5.69 Å². The van der Waals surface area contributed by atoms with Gasteiger partial charge in [0, 0.05) is 5.69 Å². The summed E-state index contributed by atoms with van der Waals surface area (Å²) in [6, 6.07) is 11.2. The molecule has 1 N–H and O–H groups in total. The van der Waals surface area contributed by atoms with Gasteiger partial charge >= 0.3 is 6.61 Å². The molecular weight excluding hydrogens is 340 g/mol. The molecule has 0 saturated carbocycles. The number of rotatable bonds is 6. The van der Waals surface area contributed by atoms with Crippen molar-refractivity contribution in [3.63, 3.8) is 0 Å². The highest BCUT2D eigenvalue weighted by molar-refractivity contribution is 7.91. The Bertz CT molecular complexity index is 820. The quantitative estimate of drug-likeness (QED) is 0.863. The van der Waals surface area contributed by atoms with E-state index >= 15 is 0 Å². The van der Waals surface area contributed by atoms with Crippen LogP contribution in [0.2, 0.25) is 0 Å². The van der Waals surface area contributed by atoms with Gasteiger partial charge in [-0.1, -0.05) is 19.1 Å². The van der Waals surface area contributed by atoms with Crippen LogP contribution in [0.15, 0.2) is 53.4 Å². The Kier molecular flexibility index (Phi) is 5.50. The van der Waals surface area contributed by atoms with Crippen LogP contribution in [0.5, 0.6) is 5.75 Å². The number of amides is 1. The molecule has 8 heteroatoms. The van der Waals surface area contributed by atoms with Crippen molar-refractivity contribution < 1.29 is 26.7 Å². The van der Waals surface area contributed by atoms with E-state index in [1.807, 2.05) is 0 Å². The molecule has 0 fully saturated rings. The Morgan fingerprint density at radius 2 is 1.75 bits per heavy atom. The molecule has 2 aromatic rings. The number of benzene rings is 2. The zero-order valence-electron chi connectivity index (χ0n) is 12.7. The lowest BCUT2D eigenvalue weighted by atomic mass is 10.2. The number of carbonyl (C=O) groups is 1. The Morgan fingerprint density at radius 1 is 1.12 bits per heavy atom. The predicted octanol–water partition coefficient (Wildman–Crippen LogP) is 3.33. The lowest BCUT2D eigenvalue weighted by Gasteiger charge is -2.10. The van der Waals surface area contributed by atoms with Gasteiger partial charge in [-0.05, 0) is 36.4 Å². The summed E-state index contributed by atoms with van der Waals surface area (Å²) in [7, 11) is -3.55. The van der Waals surface area contributed by atoms with Gasteiger partial charge in [0.25, 0.3) is 5.91 Å². The third-order valence-electron chi connectivity index (χ3n) is 3.18. The van der Waals surface area contributed by atoms with Gasteiger partial charge in [0.15, 0.2) is 9.84 Å². The fraction of sp³-hybridized carbons (Fsp3) is 0.188. The predicted molar refractivity (Wildman–Crippen MR) is 85.2 cm³/mol. The lowest BCUT2D eigenvalue weighted by molar-refractivity contribution is -0.0498. The van der Waals surface area contributed by atoms with Gasteiger partial charge in [0.05, 0.1) is 16.2 Å². The van der Waals surface area contributed by atoms with Crippen molar-refractivity contribution in [1.82, 2.24) is 0 Å². The minimum atomic E-state index is -3.55. The number of hydrogen-bond acceptors (Lipinski definition) is 4. The molecule has 2 rings (SSSR count). The molecule has 0 spiro atoms. The number of anilines is 1. The molecule has 0 unspecified atom stereocenters. The maximum absolute atomic E-state index is 12.3. The van der Waals surface area contributed by atoms with E-state index < -0.39 is 22.4 Å². The summed E-state index contributed by atoms with van der Waals surface area (Å²) in [5.74, 6) is -0.779. The first kappa shape index (κ1) is 17.9. The van der Waals surface area contributed by atoms with Gasteiger partial charge in [0.2, 0.25) is 0 Å². The lowest BCUT2D eigenvalue weighted by Crippen LogP contribution is -2.17. The van der Waals surface area contributed by atoms with Gasteiger partial charge in [0.1, 0.15) is 5.75 Å². The van der Waals surface area contributed by atoms with Crippen LogP contribution < -0.4 is 10.1 Å². The van der Waals surface area contributed by atoms with Crippen molar-refractivity contribution >= 4 is 21.4 Å². The minimum Gasteiger partial charge on any atom is -0.435 e. The fourth-order valence-electron chi connectivity index (χ4n) is 2.00. The highest BCUT2D eigenvalue weighted by Gasteiger charge is 2.20. The summed E-state index contributed by atoms with van der Waals surface area (Å²) in [6.07, 6.45) is 0. The number of alkyl halides is 2. The molecule has 1 amide bonds. The van der Waals surface area contributed by atoms with Gasteiger partial charge < -0.3 is 10.1 Å². The van der Waals surface area contributed by atoms with Crippen molar-refractivity contribution in [3.8, 4) is 5.75 Å². The van der Waals surface area contributed by atoms with E-state index in [4.69, 9.17) is 0 Å². The molecule has 0 aliphatic rings. The van der Waals surface area contributed by atoms with Gasteiger partial charge in [-0.15, -0.1) is 0 Å². The zero-order chi connectivity index (χ0) is 17.7. The summed E-state index contributed by atoms with van der Waals surface area (Å²) in [5, 5.41) is 2.53. The number of halogens is 2. The van der Waals surface area contributed by atoms with Crippen molar-refractivity contribution in [2.24, 2.45) is 0 Å². The van der Waals surface area contributed by atoms with Crippen LogP contribution >= 0.6 is 0 Å². The fourth-order valence-corrected chi connectivity index (χ4v) is 3.09. The number of hydrogen-bond donors (Lipinski definition) is 1. The maximum atomic E-state index is 12.3. The number of ether oxygens (including phenoxy) is 1. The topological polar surface area (TPSA) is 72.5 Å². The first-order chi connectivity index (χ1) is 11.3. The first-order valence-electron chi connectivity index (χ1n) is 7.01. The number of carbonyl (C=O) groups excluding carboxylic acids is 1. The molecular formula is C16H15F2NO4S. The molecule has 0 saturated heterocycles. The third kappa shape index (κ3) is 4.29. The molecule has 24 heavy (non-hydrogen) atoms. The van der Waals surface area contributed by atoms with Crippen LogP contribution in [-0.2, 0) is 9.84 Å². The second-order valence-corrected chi connectivity index (χ2v) is 7.00. The van der Waals surface area contributed by atoms with Crippen LogP contribution in [0.4, 0.5) is 14.5 Å². The van der Waals surface area contributed by atoms with Crippen LogP contribution in [0.25, 0.3) is 0 Å². The summed E-state index contributed by atoms with van der Waals surface area (Å²) < 4.78 is 52.5. The Labute approximate surface area is 138 Å².